The Balaban J connectivity index is 2.16. The first kappa shape index (κ1) is 24.5. The van der Waals surface area contributed by atoms with Crippen LogP contribution in [0.3, 0.4) is 0 Å². The molecule has 1 aliphatic heterocycles. The molecule has 11 heteroatoms. The fourth-order valence-corrected chi connectivity index (χ4v) is 3.02. The van der Waals surface area contributed by atoms with Gasteiger partial charge in [-0.05, 0) is 33.1 Å². The zero-order valence-corrected chi connectivity index (χ0v) is 17.3. The average Bonchev–Trinajstić information content (AvgIpc) is 3.10. The Labute approximate surface area is 166 Å². The Bertz CT molecular complexity index is 531. The van der Waals surface area contributed by atoms with E-state index in [9.17, 15) is 19.3 Å². The average molecular weight is 420 g/mol. The first-order valence-corrected chi connectivity index (χ1v) is 10.2. The largest absolute Gasteiger partial charge is 0.463 e. The van der Waals surface area contributed by atoms with Gasteiger partial charge in [-0.25, -0.2) is 0 Å². The lowest BCUT2D eigenvalue weighted by atomic mass is 10.2. The highest BCUT2D eigenvalue weighted by molar-refractivity contribution is 7.40. The van der Waals surface area contributed by atoms with Gasteiger partial charge in [0.25, 0.3) is 5.91 Å². The van der Waals surface area contributed by atoms with Gasteiger partial charge in [-0.2, -0.15) is 0 Å². The molecule has 28 heavy (non-hydrogen) atoms. The lowest BCUT2D eigenvalue weighted by Crippen LogP contribution is -2.29. The highest BCUT2D eigenvalue weighted by Crippen LogP contribution is 2.34. The van der Waals surface area contributed by atoms with Crippen LogP contribution < -0.4 is 5.32 Å². The van der Waals surface area contributed by atoms with Gasteiger partial charge in [-0.3, -0.25) is 19.7 Å². The number of nitrogens with one attached hydrogen (secondary N) is 1. The van der Waals surface area contributed by atoms with Crippen molar-refractivity contribution in [3.63, 3.8) is 0 Å². The van der Waals surface area contributed by atoms with Gasteiger partial charge in [0, 0.05) is 25.7 Å². The molecule has 0 aromatic rings. The summed E-state index contributed by atoms with van der Waals surface area (Å²) in [7, 11) is -0.284. The van der Waals surface area contributed by atoms with E-state index in [-0.39, 0.29) is 44.0 Å². The Morgan fingerprint density at radius 3 is 2.79 bits per heavy atom. The number of ether oxygens (including phenoxy) is 2. The van der Waals surface area contributed by atoms with Crippen molar-refractivity contribution in [2.45, 2.75) is 58.0 Å². The molecule has 1 fully saturated rings. The number of esters is 1. The van der Waals surface area contributed by atoms with E-state index < -0.39 is 14.5 Å². The number of nitrogens with zero attached hydrogens (tertiary/aromatic N) is 1. The van der Waals surface area contributed by atoms with Crippen LogP contribution in [0.15, 0.2) is 12.3 Å². The third-order valence-corrected chi connectivity index (χ3v) is 4.44. The molecule has 3 atom stereocenters. The summed E-state index contributed by atoms with van der Waals surface area (Å²) in [6.07, 6.45) is 4.62. The first-order chi connectivity index (χ1) is 13.3. The third-order valence-electron chi connectivity index (χ3n) is 3.67. The first-order valence-electron chi connectivity index (χ1n) is 9.05. The predicted octanol–water partition coefficient (Wildman–Crippen LogP) is 1.19. The summed E-state index contributed by atoms with van der Waals surface area (Å²) in [6, 6.07) is 0. The Kier molecular flexibility index (Phi) is 11.9. The van der Waals surface area contributed by atoms with Crippen molar-refractivity contribution >= 4 is 26.9 Å². The molecule has 1 aliphatic rings. The topological polar surface area (TPSA) is 124 Å². The minimum Gasteiger partial charge on any atom is -0.463 e. The van der Waals surface area contributed by atoms with Gasteiger partial charge < -0.3 is 28.3 Å². The molecule has 3 unspecified atom stereocenters. The van der Waals surface area contributed by atoms with E-state index in [1.165, 1.54) is 12.3 Å². The second-order valence-electron chi connectivity index (χ2n) is 6.41. The van der Waals surface area contributed by atoms with Crippen LogP contribution in [0, 0.1) is 0 Å². The normalized spacial score (nSPS) is 20.3. The molecule has 0 saturated carbocycles. The van der Waals surface area contributed by atoms with Gasteiger partial charge in [0.05, 0.1) is 25.4 Å². The maximum Gasteiger partial charge on any atom is 0.329 e. The number of hydrogen-bond acceptors (Lipinski definition) is 9. The number of rotatable bonds is 13. The maximum absolute atomic E-state index is 11.4. The van der Waals surface area contributed by atoms with Crippen molar-refractivity contribution in [1.29, 1.82) is 0 Å². The molecule has 0 radical (unpaired) electrons. The summed E-state index contributed by atoms with van der Waals surface area (Å²) in [5.41, 5.74) is 0. The molecular formula is C17H29N2O8P. The van der Waals surface area contributed by atoms with Crippen molar-refractivity contribution in [3.05, 3.63) is 12.3 Å². The Hall–Kier alpha value is -1.58. The second kappa shape index (κ2) is 13.6. The van der Waals surface area contributed by atoms with Crippen LogP contribution in [0.5, 0.6) is 0 Å². The van der Waals surface area contributed by atoms with Crippen LogP contribution in [-0.2, 0) is 32.9 Å². The molecule has 0 spiro atoms. The van der Waals surface area contributed by atoms with Crippen molar-refractivity contribution in [2.24, 2.45) is 0 Å². The highest BCUT2D eigenvalue weighted by Gasteiger charge is 2.28. The van der Waals surface area contributed by atoms with E-state index in [1.807, 2.05) is 5.32 Å². The molecular weight excluding hydrogens is 391 g/mol. The van der Waals surface area contributed by atoms with Crippen molar-refractivity contribution in [3.8, 4) is 0 Å². The van der Waals surface area contributed by atoms with E-state index in [0.717, 1.165) is 12.8 Å². The summed E-state index contributed by atoms with van der Waals surface area (Å²) in [6.45, 7) is 3.93. The van der Waals surface area contributed by atoms with Gasteiger partial charge >= 0.3 is 14.6 Å². The molecule has 2 amide bonds. The minimum absolute atomic E-state index is 0.148. The van der Waals surface area contributed by atoms with E-state index in [4.69, 9.17) is 18.5 Å². The second-order valence-corrected chi connectivity index (χ2v) is 7.40. The summed E-state index contributed by atoms with van der Waals surface area (Å²) in [4.78, 5) is 44.2. The van der Waals surface area contributed by atoms with Crippen LogP contribution in [0.4, 0.5) is 0 Å². The van der Waals surface area contributed by atoms with E-state index in [1.54, 1.807) is 25.8 Å². The van der Waals surface area contributed by atoms with E-state index >= 15 is 0 Å². The minimum atomic E-state index is -2.04. The Morgan fingerprint density at radius 2 is 2.11 bits per heavy atom. The molecule has 0 aliphatic carbocycles. The monoisotopic (exact) mass is 420 g/mol. The molecule has 160 valence electrons. The quantitative estimate of drug-likeness (QED) is 0.149. The third kappa shape index (κ3) is 10.7. The molecule has 1 saturated heterocycles. The van der Waals surface area contributed by atoms with Gasteiger partial charge in [0.1, 0.15) is 6.23 Å². The SMILES string of the molecule is CC(C)OC(=O)CCCOP(O)OCC1CCC(N(C)/C=C\C(=O)NC=O)O1. The predicted molar refractivity (Wildman–Crippen MR) is 101 cm³/mol. The summed E-state index contributed by atoms with van der Waals surface area (Å²) < 4.78 is 21.2. The van der Waals surface area contributed by atoms with Crippen LogP contribution in [0.1, 0.15) is 39.5 Å². The molecule has 2 N–H and O–H groups in total. The number of carbonyl (C=O) groups is 3. The highest BCUT2D eigenvalue weighted by atomic mass is 31.2. The van der Waals surface area contributed by atoms with Crippen LogP contribution in [-0.4, -0.2) is 66.8 Å². The zero-order chi connectivity index (χ0) is 20.9. The molecule has 1 heterocycles. The van der Waals surface area contributed by atoms with E-state index in [0.29, 0.717) is 12.8 Å². The number of hydrogen-bond donors (Lipinski definition) is 2. The van der Waals surface area contributed by atoms with Gasteiger partial charge in [-0.15, -0.1) is 0 Å². The van der Waals surface area contributed by atoms with Crippen LogP contribution in [0.2, 0.25) is 0 Å². The summed E-state index contributed by atoms with van der Waals surface area (Å²) in [5.74, 6) is -0.811. The molecule has 0 aromatic carbocycles. The molecule has 0 bridgehead atoms. The molecule has 1 rings (SSSR count). The van der Waals surface area contributed by atoms with Crippen molar-refractivity contribution < 1.29 is 37.8 Å². The van der Waals surface area contributed by atoms with Gasteiger partial charge in [0.15, 0.2) is 0 Å². The van der Waals surface area contributed by atoms with Gasteiger partial charge in [0.2, 0.25) is 6.41 Å². The standard InChI is InChI=1S/C17H29N2O8P/c1-13(2)26-17(22)5-4-10-24-28(23)25-11-14-6-7-16(27-14)19(3)9-8-15(21)18-12-20/h8-9,12-14,16,23H,4-7,10-11H2,1-3H3,(H,18,20,21)/b9-8-. The summed E-state index contributed by atoms with van der Waals surface area (Å²) >= 11 is 0. The number of carbonyl (C=O) groups excluding carboxylic acids is 3. The molecule has 0 aromatic heterocycles. The maximum atomic E-state index is 11.4. The number of amides is 2. The van der Waals surface area contributed by atoms with E-state index in [2.05, 4.69) is 0 Å². The fourth-order valence-electron chi connectivity index (χ4n) is 2.36. The lowest BCUT2D eigenvalue weighted by molar-refractivity contribution is -0.147. The fraction of sp³-hybridized carbons (Fsp3) is 0.706. The smallest absolute Gasteiger partial charge is 0.329 e. The summed E-state index contributed by atoms with van der Waals surface area (Å²) in [5, 5.41) is 2.01. The Morgan fingerprint density at radius 1 is 1.36 bits per heavy atom. The zero-order valence-electron chi connectivity index (χ0n) is 16.4. The van der Waals surface area contributed by atoms with Crippen molar-refractivity contribution in [2.75, 3.05) is 20.3 Å². The lowest BCUT2D eigenvalue weighted by Gasteiger charge is -2.23. The van der Waals surface area contributed by atoms with Crippen LogP contribution in [0.25, 0.3) is 0 Å². The number of imide groups is 1. The molecule has 10 nitrogen and oxygen atoms in total. The van der Waals surface area contributed by atoms with Gasteiger partial charge in [-0.1, -0.05) is 0 Å². The van der Waals surface area contributed by atoms with Crippen molar-refractivity contribution in [1.82, 2.24) is 10.2 Å². The van der Waals surface area contributed by atoms with Crippen LogP contribution >= 0.6 is 8.60 Å².